The summed E-state index contributed by atoms with van der Waals surface area (Å²) in [5, 5.41) is 2.96. The van der Waals surface area contributed by atoms with Gasteiger partial charge < -0.3 is 10.2 Å². The number of rotatable bonds is 6. The minimum absolute atomic E-state index is 0.121. The number of carbonyl (C=O) groups excluding carboxylic acids is 1. The van der Waals surface area contributed by atoms with Crippen molar-refractivity contribution >= 4 is 17.3 Å². The molecule has 4 heteroatoms. The molecule has 2 aromatic carbocycles. The fourth-order valence-corrected chi connectivity index (χ4v) is 2.81. The van der Waals surface area contributed by atoms with Gasteiger partial charge in [-0.15, -0.1) is 0 Å². The molecule has 0 aliphatic carbocycles. The molecular formula is C22H23N3O. The van der Waals surface area contributed by atoms with Crippen LogP contribution in [0.5, 0.6) is 0 Å². The first-order valence-corrected chi connectivity index (χ1v) is 8.78. The van der Waals surface area contributed by atoms with Crippen LogP contribution in [0.4, 0.5) is 11.4 Å². The van der Waals surface area contributed by atoms with Gasteiger partial charge in [0.15, 0.2) is 0 Å². The van der Waals surface area contributed by atoms with Crippen LogP contribution in [0.2, 0.25) is 0 Å². The molecule has 0 radical (unpaired) electrons. The second-order valence-corrected chi connectivity index (χ2v) is 6.18. The van der Waals surface area contributed by atoms with E-state index in [-0.39, 0.29) is 5.91 Å². The lowest BCUT2D eigenvalue weighted by atomic mass is 10.1. The fourth-order valence-electron chi connectivity index (χ4n) is 2.81. The fraction of sp³-hybridized carbons (Fsp3) is 0.182. The quantitative estimate of drug-likeness (QED) is 0.716. The first-order valence-electron chi connectivity index (χ1n) is 8.78. The Morgan fingerprint density at radius 3 is 2.42 bits per heavy atom. The maximum Gasteiger partial charge on any atom is 0.253 e. The molecule has 132 valence electrons. The van der Waals surface area contributed by atoms with E-state index in [1.165, 1.54) is 5.56 Å². The highest BCUT2D eigenvalue weighted by molar-refractivity contribution is 5.94. The lowest BCUT2D eigenvalue weighted by Gasteiger charge is -2.23. The number of hydrogen-bond donors (Lipinski definition) is 1. The number of pyridine rings is 1. The first kappa shape index (κ1) is 17.7. The number of nitrogens with zero attached hydrogens (tertiary/aromatic N) is 2. The number of carbonyl (C=O) groups is 1. The molecule has 0 saturated carbocycles. The van der Waals surface area contributed by atoms with Crippen LogP contribution in [0.1, 0.15) is 28.4 Å². The van der Waals surface area contributed by atoms with Crippen LogP contribution in [-0.4, -0.2) is 17.4 Å². The lowest BCUT2D eigenvalue weighted by Crippen LogP contribution is -2.24. The van der Waals surface area contributed by atoms with Crippen molar-refractivity contribution in [3.8, 4) is 0 Å². The Bertz CT molecular complexity index is 860. The van der Waals surface area contributed by atoms with Gasteiger partial charge in [-0.3, -0.25) is 9.78 Å². The first-order chi connectivity index (χ1) is 12.7. The number of para-hydroxylation sites is 1. The minimum Gasteiger partial charge on any atom is -0.348 e. The lowest BCUT2D eigenvalue weighted by molar-refractivity contribution is 0.0950. The van der Waals surface area contributed by atoms with Crippen LogP contribution in [0.25, 0.3) is 0 Å². The molecule has 1 N–H and O–H groups in total. The van der Waals surface area contributed by atoms with Gasteiger partial charge >= 0.3 is 0 Å². The number of aromatic nitrogens is 1. The third-order valence-electron chi connectivity index (χ3n) is 4.26. The zero-order chi connectivity index (χ0) is 18.4. The predicted octanol–water partition coefficient (Wildman–Crippen LogP) is 4.48. The van der Waals surface area contributed by atoms with E-state index in [2.05, 4.69) is 22.1 Å². The van der Waals surface area contributed by atoms with E-state index in [1.807, 2.05) is 67.6 Å². The van der Waals surface area contributed by atoms with E-state index in [9.17, 15) is 4.79 Å². The van der Waals surface area contributed by atoms with Crippen LogP contribution >= 0.6 is 0 Å². The van der Waals surface area contributed by atoms with Crippen LogP contribution in [-0.2, 0) is 6.54 Å². The molecule has 1 aromatic heterocycles. The molecule has 0 bridgehead atoms. The van der Waals surface area contributed by atoms with Gasteiger partial charge in [-0.25, -0.2) is 0 Å². The SMILES string of the molecule is CCN(c1ccccc1)c1cncc(C(=O)NCc2ccc(C)cc2)c1. The second kappa shape index (κ2) is 8.30. The highest BCUT2D eigenvalue weighted by Crippen LogP contribution is 2.24. The van der Waals surface area contributed by atoms with Crippen LogP contribution < -0.4 is 10.2 Å². The van der Waals surface area contributed by atoms with Gasteiger partial charge in [-0.1, -0.05) is 48.0 Å². The van der Waals surface area contributed by atoms with Gasteiger partial charge in [0.05, 0.1) is 17.4 Å². The Morgan fingerprint density at radius 2 is 1.73 bits per heavy atom. The third-order valence-corrected chi connectivity index (χ3v) is 4.26. The molecule has 0 unspecified atom stereocenters. The Kier molecular flexibility index (Phi) is 5.64. The van der Waals surface area contributed by atoms with Crippen molar-refractivity contribution in [1.29, 1.82) is 0 Å². The van der Waals surface area contributed by atoms with E-state index in [0.717, 1.165) is 23.5 Å². The molecule has 0 aliphatic rings. The number of aryl methyl sites for hydroxylation is 1. The standard InChI is InChI=1S/C22H23N3O/c1-3-25(20-7-5-4-6-8-20)21-13-19(15-23-16-21)22(26)24-14-18-11-9-17(2)10-12-18/h4-13,15-16H,3,14H2,1-2H3,(H,24,26). The van der Waals surface area contributed by atoms with Gasteiger partial charge in [0.2, 0.25) is 0 Å². The van der Waals surface area contributed by atoms with E-state index in [1.54, 1.807) is 12.4 Å². The van der Waals surface area contributed by atoms with Gasteiger partial charge in [0, 0.05) is 25.0 Å². The summed E-state index contributed by atoms with van der Waals surface area (Å²) in [6.07, 6.45) is 3.39. The second-order valence-electron chi connectivity index (χ2n) is 6.18. The highest BCUT2D eigenvalue weighted by atomic mass is 16.1. The summed E-state index contributed by atoms with van der Waals surface area (Å²) in [6, 6.07) is 20.1. The molecule has 0 fully saturated rings. The summed E-state index contributed by atoms with van der Waals surface area (Å²) in [5.41, 5.74) is 4.82. The summed E-state index contributed by atoms with van der Waals surface area (Å²) in [5.74, 6) is -0.121. The number of amides is 1. The number of hydrogen-bond acceptors (Lipinski definition) is 3. The molecule has 1 heterocycles. The maximum atomic E-state index is 12.5. The van der Waals surface area contributed by atoms with Crippen LogP contribution in [0.15, 0.2) is 73.1 Å². The number of benzene rings is 2. The predicted molar refractivity (Wildman–Crippen MR) is 106 cm³/mol. The molecule has 1 amide bonds. The Balaban J connectivity index is 1.73. The summed E-state index contributed by atoms with van der Waals surface area (Å²) in [7, 11) is 0. The Hall–Kier alpha value is -3.14. The van der Waals surface area contributed by atoms with Gasteiger partial charge in [-0.05, 0) is 37.6 Å². The van der Waals surface area contributed by atoms with Crippen molar-refractivity contribution in [2.75, 3.05) is 11.4 Å². The highest BCUT2D eigenvalue weighted by Gasteiger charge is 2.11. The minimum atomic E-state index is -0.121. The monoisotopic (exact) mass is 345 g/mol. The molecule has 3 aromatic rings. The zero-order valence-corrected chi connectivity index (χ0v) is 15.1. The van der Waals surface area contributed by atoms with Crippen molar-refractivity contribution in [3.05, 3.63) is 89.7 Å². The van der Waals surface area contributed by atoms with Crippen LogP contribution in [0.3, 0.4) is 0 Å². The molecule has 0 spiro atoms. The van der Waals surface area contributed by atoms with Crippen LogP contribution in [0, 0.1) is 6.92 Å². The average molecular weight is 345 g/mol. The summed E-state index contributed by atoms with van der Waals surface area (Å²) in [4.78, 5) is 18.9. The summed E-state index contributed by atoms with van der Waals surface area (Å²) in [6.45, 7) is 5.42. The van der Waals surface area contributed by atoms with E-state index in [0.29, 0.717) is 12.1 Å². The molecule has 0 aliphatic heterocycles. The zero-order valence-electron chi connectivity index (χ0n) is 15.1. The van der Waals surface area contributed by atoms with E-state index < -0.39 is 0 Å². The topological polar surface area (TPSA) is 45.2 Å². The van der Waals surface area contributed by atoms with Crippen molar-refractivity contribution < 1.29 is 4.79 Å². The summed E-state index contributed by atoms with van der Waals surface area (Å²) < 4.78 is 0. The van der Waals surface area contributed by atoms with E-state index in [4.69, 9.17) is 0 Å². The van der Waals surface area contributed by atoms with Gasteiger partial charge in [0.1, 0.15) is 0 Å². The number of anilines is 2. The average Bonchev–Trinajstić information content (AvgIpc) is 2.69. The maximum absolute atomic E-state index is 12.5. The third kappa shape index (κ3) is 4.28. The van der Waals surface area contributed by atoms with Crippen molar-refractivity contribution in [2.24, 2.45) is 0 Å². The van der Waals surface area contributed by atoms with E-state index >= 15 is 0 Å². The molecule has 4 nitrogen and oxygen atoms in total. The molecule has 0 atom stereocenters. The van der Waals surface area contributed by atoms with Crippen molar-refractivity contribution in [3.63, 3.8) is 0 Å². The Labute approximate surface area is 154 Å². The largest absolute Gasteiger partial charge is 0.348 e. The Morgan fingerprint density at radius 1 is 1.00 bits per heavy atom. The van der Waals surface area contributed by atoms with Gasteiger partial charge in [-0.2, -0.15) is 0 Å². The van der Waals surface area contributed by atoms with Crippen molar-refractivity contribution in [2.45, 2.75) is 20.4 Å². The smallest absolute Gasteiger partial charge is 0.253 e. The summed E-state index contributed by atoms with van der Waals surface area (Å²) >= 11 is 0. The normalized spacial score (nSPS) is 10.4. The van der Waals surface area contributed by atoms with Gasteiger partial charge in [0.25, 0.3) is 5.91 Å². The molecular weight excluding hydrogens is 322 g/mol. The number of nitrogens with one attached hydrogen (secondary N) is 1. The molecule has 26 heavy (non-hydrogen) atoms. The molecule has 3 rings (SSSR count). The van der Waals surface area contributed by atoms with Crippen molar-refractivity contribution in [1.82, 2.24) is 10.3 Å². The molecule has 0 saturated heterocycles.